The van der Waals surface area contributed by atoms with Crippen LogP contribution in [0.25, 0.3) is 10.9 Å². The van der Waals surface area contributed by atoms with Crippen LogP contribution in [-0.4, -0.2) is 34.3 Å². The molecule has 1 aromatic carbocycles. The van der Waals surface area contributed by atoms with Crippen molar-refractivity contribution in [3.8, 4) is 0 Å². The number of aromatic nitrogens is 1. The Labute approximate surface area is 123 Å². The van der Waals surface area contributed by atoms with Gasteiger partial charge in [-0.25, -0.2) is 4.98 Å². The van der Waals surface area contributed by atoms with Crippen LogP contribution in [0.2, 0.25) is 0 Å². The largest absolute Gasteiger partial charge is 0.394 e. The lowest BCUT2D eigenvalue weighted by Crippen LogP contribution is -2.34. The summed E-state index contributed by atoms with van der Waals surface area (Å²) in [6.45, 7) is 1.01. The summed E-state index contributed by atoms with van der Waals surface area (Å²) >= 11 is 5.17. The lowest BCUT2D eigenvalue weighted by molar-refractivity contribution is 0.266. The second kappa shape index (κ2) is 5.34. The minimum absolute atomic E-state index is 0.108. The zero-order valence-electron chi connectivity index (χ0n) is 11.1. The van der Waals surface area contributed by atoms with Crippen LogP contribution < -0.4 is 10.6 Å². The zero-order valence-corrected chi connectivity index (χ0v) is 11.9. The highest BCUT2D eigenvalue weighted by atomic mass is 32.1. The Bertz CT molecular complexity index is 659. The number of aliphatic hydroxyl groups excluding tert-OH is 1. The van der Waals surface area contributed by atoms with Crippen molar-refractivity contribution in [2.45, 2.75) is 18.9 Å². The summed E-state index contributed by atoms with van der Waals surface area (Å²) in [5.74, 6) is 0.799. The van der Waals surface area contributed by atoms with Gasteiger partial charge in [-0.3, -0.25) is 0 Å². The van der Waals surface area contributed by atoms with Gasteiger partial charge in [-0.15, -0.1) is 0 Å². The lowest BCUT2D eigenvalue weighted by atomic mass is 10.1. The molecule has 1 atom stereocenters. The van der Waals surface area contributed by atoms with Gasteiger partial charge in [-0.05, 0) is 25.0 Å². The van der Waals surface area contributed by atoms with Crippen LogP contribution in [0.3, 0.4) is 0 Å². The van der Waals surface area contributed by atoms with E-state index < -0.39 is 0 Å². The summed E-state index contributed by atoms with van der Waals surface area (Å²) in [5.41, 5.74) is 7.58. The molecule has 1 fully saturated rings. The molecule has 104 valence electrons. The average molecular weight is 287 g/mol. The first-order chi connectivity index (χ1) is 9.70. The Morgan fingerprint density at radius 1 is 1.45 bits per heavy atom. The number of aliphatic hydroxyl groups is 1. The van der Waals surface area contributed by atoms with Crippen molar-refractivity contribution in [1.29, 1.82) is 0 Å². The van der Waals surface area contributed by atoms with Crippen LogP contribution in [0.4, 0.5) is 5.82 Å². The fraction of sp³-hybridized carbons (Fsp3) is 0.333. The predicted molar refractivity (Wildman–Crippen MR) is 85.1 cm³/mol. The second-order valence-corrected chi connectivity index (χ2v) is 5.53. The van der Waals surface area contributed by atoms with E-state index >= 15 is 0 Å². The van der Waals surface area contributed by atoms with Crippen molar-refractivity contribution < 1.29 is 5.11 Å². The van der Waals surface area contributed by atoms with E-state index in [0.717, 1.165) is 41.7 Å². The van der Waals surface area contributed by atoms with Crippen LogP contribution in [0, 0.1) is 0 Å². The molecule has 3 rings (SSSR count). The number of pyridine rings is 1. The van der Waals surface area contributed by atoms with E-state index in [1.807, 2.05) is 30.3 Å². The SMILES string of the molecule is NC(=S)c1cc2ccccc2nc1N1CCCC1CO. The van der Waals surface area contributed by atoms with Crippen molar-refractivity contribution in [3.63, 3.8) is 0 Å². The molecule has 5 heteroatoms. The monoisotopic (exact) mass is 287 g/mol. The number of fused-ring (bicyclic) bond motifs is 1. The first kappa shape index (κ1) is 13.3. The summed E-state index contributed by atoms with van der Waals surface area (Å²) in [6, 6.07) is 10.0. The minimum atomic E-state index is 0.108. The lowest BCUT2D eigenvalue weighted by Gasteiger charge is -2.26. The Kier molecular flexibility index (Phi) is 3.54. The maximum atomic E-state index is 9.51. The molecule has 4 nitrogen and oxygen atoms in total. The van der Waals surface area contributed by atoms with Gasteiger partial charge in [-0.2, -0.15) is 0 Å². The van der Waals surface area contributed by atoms with Crippen molar-refractivity contribution in [1.82, 2.24) is 4.98 Å². The molecule has 1 aliphatic rings. The maximum Gasteiger partial charge on any atom is 0.139 e. The van der Waals surface area contributed by atoms with Crippen molar-refractivity contribution in [2.24, 2.45) is 5.73 Å². The maximum absolute atomic E-state index is 9.51. The minimum Gasteiger partial charge on any atom is -0.394 e. The summed E-state index contributed by atoms with van der Waals surface area (Å²) in [4.78, 5) is 7.20. The third kappa shape index (κ3) is 2.23. The fourth-order valence-corrected chi connectivity index (χ4v) is 2.96. The number of benzene rings is 1. The molecular weight excluding hydrogens is 270 g/mol. The molecule has 0 bridgehead atoms. The van der Waals surface area contributed by atoms with E-state index in [4.69, 9.17) is 22.9 Å². The first-order valence-electron chi connectivity index (χ1n) is 6.78. The molecule has 1 aliphatic heterocycles. The molecule has 1 aromatic heterocycles. The normalized spacial score (nSPS) is 18.6. The van der Waals surface area contributed by atoms with Crippen LogP contribution in [0.5, 0.6) is 0 Å². The average Bonchev–Trinajstić information content (AvgIpc) is 2.94. The Morgan fingerprint density at radius 3 is 3.00 bits per heavy atom. The fourth-order valence-electron chi connectivity index (χ4n) is 2.81. The van der Waals surface area contributed by atoms with E-state index in [-0.39, 0.29) is 12.6 Å². The zero-order chi connectivity index (χ0) is 14.1. The number of rotatable bonds is 3. The number of nitrogens with two attached hydrogens (primary N) is 1. The van der Waals surface area contributed by atoms with Gasteiger partial charge in [0.05, 0.1) is 23.7 Å². The van der Waals surface area contributed by atoms with Crippen LogP contribution in [-0.2, 0) is 0 Å². The Hall–Kier alpha value is -1.72. The third-order valence-electron chi connectivity index (χ3n) is 3.83. The smallest absolute Gasteiger partial charge is 0.139 e. The van der Waals surface area contributed by atoms with Gasteiger partial charge in [0.25, 0.3) is 0 Å². The van der Waals surface area contributed by atoms with E-state index in [9.17, 15) is 5.11 Å². The standard InChI is InChI=1S/C15H17N3OS/c16-14(20)12-8-10-4-1-2-6-13(10)17-15(12)18-7-3-5-11(18)9-19/h1-2,4,6,8,11,19H,3,5,7,9H2,(H2,16,20). The first-order valence-corrected chi connectivity index (χ1v) is 7.18. The molecule has 20 heavy (non-hydrogen) atoms. The highest BCUT2D eigenvalue weighted by Gasteiger charge is 2.27. The number of thiocarbonyl (C=S) groups is 1. The van der Waals surface area contributed by atoms with E-state index in [1.165, 1.54) is 0 Å². The van der Waals surface area contributed by atoms with Gasteiger partial charge in [0.2, 0.25) is 0 Å². The van der Waals surface area contributed by atoms with Crippen LogP contribution in [0.1, 0.15) is 18.4 Å². The van der Waals surface area contributed by atoms with Gasteiger partial charge in [0.15, 0.2) is 0 Å². The second-order valence-electron chi connectivity index (χ2n) is 5.09. The number of hydrogen-bond acceptors (Lipinski definition) is 4. The molecule has 0 saturated carbocycles. The predicted octanol–water partition coefficient (Wildman–Crippen LogP) is 1.83. The van der Waals surface area contributed by atoms with Crippen molar-refractivity contribution in [2.75, 3.05) is 18.1 Å². The molecule has 2 aromatic rings. The number of anilines is 1. The number of nitrogens with zero attached hydrogens (tertiary/aromatic N) is 2. The van der Waals surface area contributed by atoms with Gasteiger partial charge in [-0.1, -0.05) is 30.4 Å². The van der Waals surface area contributed by atoms with Gasteiger partial charge in [0.1, 0.15) is 10.8 Å². The topological polar surface area (TPSA) is 62.4 Å². The highest BCUT2D eigenvalue weighted by molar-refractivity contribution is 7.80. The van der Waals surface area contributed by atoms with Gasteiger partial charge >= 0.3 is 0 Å². The van der Waals surface area contributed by atoms with Crippen LogP contribution in [0.15, 0.2) is 30.3 Å². The van der Waals surface area contributed by atoms with E-state index in [1.54, 1.807) is 0 Å². The molecule has 0 spiro atoms. The Balaban J connectivity index is 2.17. The van der Waals surface area contributed by atoms with Gasteiger partial charge < -0.3 is 15.7 Å². The Morgan fingerprint density at radius 2 is 2.25 bits per heavy atom. The number of para-hydroxylation sites is 1. The van der Waals surface area contributed by atoms with Crippen molar-refractivity contribution in [3.05, 3.63) is 35.9 Å². The molecule has 0 radical (unpaired) electrons. The summed E-state index contributed by atoms with van der Waals surface area (Å²) < 4.78 is 0. The molecule has 3 N–H and O–H groups in total. The van der Waals surface area contributed by atoms with Crippen molar-refractivity contribution >= 4 is 33.9 Å². The van der Waals surface area contributed by atoms with Gasteiger partial charge in [0, 0.05) is 11.9 Å². The summed E-state index contributed by atoms with van der Waals surface area (Å²) in [5, 5.41) is 10.5. The van der Waals surface area contributed by atoms with Crippen LogP contribution >= 0.6 is 12.2 Å². The highest BCUT2D eigenvalue weighted by Crippen LogP contribution is 2.29. The van der Waals surface area contributed by atoms with E-state index in [2.05, 4.69) is 4.90 Å². The quantitative estimate of drug-likeness (QED) is 0.843. The molecule has 0 aliphatic carbocycles. The molecule has 1 unspecified atom stereocenters. The molecule has 2 heterocycles. The summed E-state index contributed by atoms with van der Waals surface area (Å²) in [7, 11) is 0. The molecule has 0 amide bonds. The molecule has 1 saturated heterocycles. The molecular formula is C15H17N3OS. The third-order valence-corrected chi connectivity index (χ3v) is 4.05. The van der Waals surface area contributed by atoms with E-state index in [0.29, 0.717) is 4.99 Å². The number of hydrogen-bond donors (Lipinski definition) is 2. The summed E-state index contributed by atoms with van der Waals surface area (Å²) in [6.07, 6.45) is 2.03.